The normalized spacial score (nSPS) is 11.1. The molecule has 0 saturated heterocycles. The van der Waals surface area contributed by atoms with Crippen LogP contribution in [0.1, 0.15) is 37.6 Å². The molecule has 5 nitrogen and oxygen atoms in total. The van der Waals surface area contributed by atoms with Crippen molar-refractivity contribution in [2.24, 2.45) is 0 Å². The molecular weight excluding hydrogens is 615 g/mol. The van der Waals surface area contributed by atoms with Crippen molar-refractivity contribution in [1.82, 2.24) is 0 Å². The number of nitrogens with one attached hydrogen (secondary N) is 1. The maximum atomic E-state index is 12.0. The largest absolute Gasteiger partial charge is 0.478 e. The molecule has 0 aliphatic carbocycles. The molecular formula is C13H14I3NO4. The van der Waals surface area contributed by atoms with Gasteiger partial charge in [0.1, 0.15) is 5.60 Å². The van der Waals surface area contributed by atoms with Crippen molar-refractivity contribution in [3.05, 3.63) is 22.3 Å². The number of carboxylic acid groups (broad SMARTS) is 1. The number of rotatable bonds is 4. The fourth-order valence-corrected chi connectivity index (χ4v) is 5.45. The Morgan fingerprint density at radius 1 is 1.29 bits per heavy atom. The molecule has 0 radical (unpaired) electrons. The van der Waals surface area contributed by atoms with Gasteiger partial charge in [-0.2, -0.15) is 0 Å². The summed E-state index contributed by atoms with van der Waals surface area (Å²) in [7, 11) is 0. The van der Waals surface area contributed by atoms with Gasteiger partial charge in [0.25, 0.3) is 0 Å². The SMILES string of the molecule is CCC(C)(C)OC(=O)Nc1c(I)cc(I)c(C(=O)O)c1I. The van der Waals surface area contributed by atoms with E-state index in [-0.39, 0.29) is 5.56 Å². The number of carboxylic acids is 1. The lowest BCUT2D eigenvalue weighted by Crippen LogP contribution is -2.30. The predicted molar refractivity (Wildman–Crippen MR) is 106 cm³/mol. The van der Waals surface area contributed by atoms with Crippen LogP contribution in [0.15, 0.2) is 6.07 Å². The summed E-state index contributed by atoms with van der Waals surface area (Å²) in [5, 5.41) is 11.9. The Labute approximate surface area is 164 Å². The van der Waals surface area contributed by atoms with E-state index in [1.807, 2.05) is 66.0 Å². The fourth-order valence-electron chi connectivity index (χ4n) is 1.35. The molecule has 8 heteroatoms. The Balaban J connectivity index is 3.12. The summed E-state index contributed by atoms with van der Waals surface area (Å²) < 4.78 is 7.20. The third-order valence-corrected chi connectivity index (χ3v) is 5.61. The van der Waals surface area contributed by atoms with Crippen molar-refractivity contribution in [2.45, 2.75) is 32.8 Å². The van der Waals surface area contributed by atoms with Gasteiger partial charge in [-0.25, -0.2) is 9.59 Å². The van der Waals surface area contributed by atoms with Gasteiger partial charge in [0.2, 0.25) is 0 Å². The summed E-state index contributed by atoms with van der Waals surface area (Å²) in [4.78, 5) is 23.3. The van der Waals surface area contributed by atoms with E-state index in [1.165, 1.54) is 0 Å². The van der Waals surface area contributed by atoms with Crippen molar-refractivity contribution >= 4 is 85.5 Å². The van der Waals surface area contributed by atoms with Crippen molar-refractivity contribution < 1.29 is 19.4 Å². The summed E-state index contributed by atoms with van der Waals surface area (Å²) in [6.07, 6.45) is 0.0945. The Kier molecular flexibility index (Phi) is 6.96. The molecule has 21 heavy (non-hydrogen) atoms. The number of ether oxygens (including phenoxy) is 1. The minimum absolute atomic E-state index is 0.182. The van der Waals surface area contributed by atoms with Crippen molar-refractivity contribution in [1.29, 1.82) is 0 Å². The third kappa shape index (κ3) is 5.08. The minimum atomic E-state index is -1.02. The van der Waals surface area contributed by atoms with Crippen molar-refractivity contribution in [2.75, 3.05) is 5.32 Å². The van der Waals surface area contributed by atoms with Gasteiger partial charge in [-0.15, -0.1) is 0 Å². The molecule has 0 aliphatic rings. The van der Waals surface area contributed by atoms with Gasteiger partial charge in [0.05, 0.1) is 14.8 Å². The van der Waals surface area contributed by atoms with E-state index in [2.05, 4.69) is 27.9 Å². The molecule has 0 fully saturated rings. The van der Waals surface area contributed by atoms with E-state index < -0.39 is 17.7 Å². The van der Waals surface area contributed by atoms with Crippen LogP contribution in [0, 0.1) is 10.7 Å². The highest BCUT2D eigenvalue weighted by molar-refractivity contribution is 14.1. The van der Waals surface area contributed by atoms with Gasteiger partial charge in [0.15, 0.2) is 0 Å². The van der Waals surface area contributed by atoms with Crippen LogP contribution in [0.5, 0.6) is 0 Å². The van der Waals surface area contributed by atoms with E-state index in [0.717, 1.165) is 3.57 Å². The second-order valence-electron chi connectivity index (χ2n) is 4.84. The average molecular weight is 629 g/mol. The lowest BCUT2D eigenvalue weighted by molar-refractivity contribution is 0.0461. The molecule has 0 atom stereocenters. The average Bonchev–Trinajstić information content (AvgIpc) is 2.33. The smallest absolute Gasteiger partial charge is 0.412 e. The number of anilines is 1. The number of halogens is 3. The molecule has 0 aromatic heterocycles. The number of carbonyl (C=O) groups is 2. The summed E-state index contributed by atoms with van der Waals surface area (Å²) >= 11 is 5.96. The van der Waals surface area contributed by atoms with Crippen LogP contribution in [-0.4, -0.2) is 22.8 Å². The number of hydrogen-bond acceptors (Lipinski definition) is 3. The van der Waals surface area contributed by atoms with Crippen LogP contribution in [0.3, 0.4) is 0 Å². The summed E-state index contributed by atoms with van der Waals surface area (Å²) in [6, 6.07) is 1.72. The van der Waals surface area contributed by atoms with Gasteiger partial charge in [-0.05, 0) is 94.1 Å². The summed E-state index contributed by atoms with van der Waals surface area (Å²) in [5.74, 6) is -1.02. The molecule has 0 bridgehead atoms. The quantitative estimate of drug-likeness (QED) is 0.464. The number of carbonyl (C=O) groups excluding carboxylic acids is 1. The van der Waals surface area contributed by atoms with Crippen molar-refractivity contribution in [3.63, 3.8) is 0 Å². The molecule has 116 valence electrons. The topological polar surface area (TPSA) is 75.6 Å². The van der Waals surface area contributed by atoms with Crippen LogP contribution in [-0.2, 0) is 4.74 Å². The van der Waals surface area contributed by atoms with Gasteiger partial charge in [-0.1, -0.05) is 6.92 Å². The number of amides is 1. The molecule has 0 aliphatic heterocycles. The van der Waals surface area contributed by atoms with Crippen molar-refractivity contribution in [3.8, 4) is 0 Å². The lowest BCUT2D eigenvalue weighted by Gasteiger charge is -2.24. The Bertz CT molecular complexity index is 587. The highest BCUT2D eigenvalue weighted by atomic mass is 127. The zero-order valence-electron chi connectivity index (χ0n) is 11.6. The maximum absolute atomic E-state index is 12.0. The van der Waals surface area contributed by atoms with Crippen LogP contribution >= 0.6 is 67.8 Å². The molecule has 0 spiro atoms. The number of aromatic carboxylic acids is 1. The first-order chi connectivity index (χ1) is 9.59. The lowest BCUT2D eigenvalue weighted by atomic mass is 10.1. The van der Waals surface area contributed by atoms with Gasteiger partial charge in [-0.3, -0.25) is 5.32 Å². The van der Waals surface area contributed by atoms with Gasteiger partial charge >= 0.3 is 12.1 Å². The van der Waals surface area contributed by atoms with E-state index in [4.69, 9.17) is 4.74 Å². The molecule has 1 rings (SSSR count). The van der Waals surface area contributed by atoms with Gasteiger partial charge in [0, 0.05) is 7.14 Å². The zero-order chi connectivity index (χ0) is 16.4. The highest BCUT2D eigenvalue weighted by Gasteiger charge is 2.24. The monoisotopic (exact) mass is 629 g/mol. The second kappa shape index (κ2) is 7.62. The Hall–Kier alpha value is 0.150. The van der Waals surface area contributed by atoms with E-state index in [0.29, 0.717) is 19.2 Å². The Morgan fingerprint density at radius 3 is 2.33 bits per heavy atom. The molecule has 1 aromatic rings. The van der Waals surface area contributed by atoms with E-state index in [1.54, 1.807) is 6.07 Å². The summed E-state index contributed by atoms with van der Waals surface area (Å²) in [6.45, 7) is 5.56. The second-order valence-corrected chi connectivity index (χ2v) is 8.24. The molecule has 1 amide bonds. The molecule has 2 N–H and O–H groups in total. The number of benzene rings is 1. The Morgan fingerprint density at radius 2 is 1.86 bits per heavy atom. The van der Waals surface area contributed by atoms with Crippen LogP contribution in [0.4, 0.5) is 10.5 Å². The highest BCUT2D eigenvalue weighted by Crippen LogP contribution is 2.32. The fraction of sp³-hybridized carbons (Fsp3) is 0.385. The molecule has 0 saturated carbocycles. The van der Waals surface area contributed by atoms with Crippen LogP contribution in [0.2, 0.25) is 0 Å². The molecule has 0 heterocycles. The molecule has 0 unspecified atom stereocenters. The standard InChI is InChI=1S/C13H14I3NO4/c1-4-13(2,3)21-12(20)17-10-7(15)5-6(14)8(9(10)16)11(18)19/h5H,4H2,1-3H3,(H,17,20)(H,18,19). The first-order valence-electron chi connectivity index (χ1n) is 6.00. The third-order valence-electron chi connectivity index (χ3n) is 2.83. The maximum Gasteiger partial charge on any atom is 0.412 e. The number of hydrogen-bond donors (Lipinski definition) is 2. The van der Waals surface area contributed by atoms with Gasteiger partial charge < -0.3 is 9.84 Å². The minimum Gasteiger partial charge on any atom is -0.478 e. The van der Waals surface area contributed by atoms with Crippen LogP contribution in [0.25, 0.3) is 0 Å². The first-order valence-corrected chi connectivity index (χ1v) is 9.23. The van der Waals surface area contributed by atoms with E-state index in [9.17, 15) is 14.7 Å². The molecule has 1 aromatic carbocycles. The first kappa shape index (κ1) is 19.2. The van der Waals surface area contributed by atoms with E-state index >= 15 is 0 Å². The zero-order valence-corrected chi connectivity index (χ0v) is 18.1. The van der Waals surface area contributed by atoms with Crippen LogP contribution < -0.4 is 5.32 Å². The summed E-state index contributed by atoms with van der Waals surface area (Å²) in [5.41, 5.74) is 0.0763. The predicted octanol–water partition coefficient (Wildman–Crippen LogP) is 4.94.